The smallest absolute Gasteiger partial charge is 1.00 e. The number of nitrogens with one attached hydrogen (secondary N) is 1. The topological polar surface area (TPSA) is 49.3 Å². The first-order valence-electron chi connectivity index (χ1n) is 2.77. The number of aliphatic carboxylic acids is 1. The molecular formula is C5H10NO2Rb. The molecule has 0 aromatic carbocycles. The van der Waals surface area contributed by atoms with Crippen molar-refractivity contribution in [3.63, 3.8) is 0 Å². The minimum atomic E-state index is -0.720. The van der Waals surface area contributed by atoms with E-state index < -0.39 is 5.97 Å². The monoisotopic (exact) mass is 201 g/mol. The molecule has 1 heterocycles. The van der Waals surface area contributed by atoms with Crippen LogP contribution in [0.2, 0.25) is 0 Å². The van der Waals surface area contributed by atoms with Crippen LogP contribution in [-0.4, -0.2) is 23.7 Å². The maximum absolute atomic E-state index is 10.1. The van der Waals surface area contributed by atoms with Gasteiger partial charge in [0.25, 0.3) is 0 Å². The molecule has 3 nitrogen and oxygen atoms in total. The van der Waals surface area contributed by atoms with Crippen LogP contribution in [0.1, 0.15) is 14.3 Å². The quantitative estimate of drug-likeness (QED) is 0.474. The molecule has 1 aliphatic rings. The zero-order chi connectivity index (χ0) is 5.98. The fraction of sp³-hybridized carbons (Fsp3) is 0.800. The second-order valence-corrected chi connectivity index (χ2v) is 1.99. The van der Waals surface area contributed by atoms with Crippen LogP contribution in [0.3, 0.4) is 0 Å². The number of hydrogen-bond donors (Lipinski definition) is 2. The first-order valence-corrected chi connectivity index (χ1v) is 2.77. The fourth-order valence-corrected chi connectivity index (χ4v) is 0.895. The van der Waals surface area contributed by atoms with Crippen LogP contribution in [0.4, 0.5) is 0 Å². The molecule has 4 heteroatoms. The van der Waals surface area contributed by atoms with Gasteiger partial charge < -0.3 is 11.8 Å². The molecule has 48 valence electrons. The van der Waals surface area contributed by atoms with E-state index in [9.17, 15) is 4.79 Å². The second kappa shape index (κ2) is 4.96. The molecule has 1 fully saturated rings. The van der Waals surface area contributed by atoms with E-state index >= 15 is 0 Å². The Morgan fingerprint density at radius 1 is 1.78 bits per heavy atom. The summed E-state index contributed by atoms with van der Waals surface area (Å²) >= 11 is 0. The van der Waals surface area contributed by atoms with Gasteiger partial charge in [0.15, 0.2) is 0 Å². The maximum Gasteiger partial charge on any atom is 1.00 e. The zero-order valence-corrected chi connectivity index (χ0v) is 10.5. The Labute approximate surface area is 104 Å². The summed E-state index contributed by atoms with van der Waals surface area (Å²) in [6, 6.07) is -0.269. The minimum absolute atomic E-state index is 0. The van der Waals surface area contributed by atoms with E-state index in [0.717, 1.165) is 19.4 Å². The van der Waals surface area contributed by atoms with Crippen LogP contribution in [0.15, 0.2) is 0 Å². The summed E-state index contributed by atoms with van der Waals surface area (Å²) in [6.45, 7) is 0.858. The van der Waals surface area contributed by atoms with Crippen molar-refractivity contribution in [1.82, 2.24) is 5.32 Å². The van der Waals surface area contributed by atoms with Crippen molar-refractivity contribution < 1.29 is 69.5 Å². The number of hydrogen-bond acceptors (Lipinski definition) is 2. The molecule has 9 heavy (non-hydrogen) atoms. The van der Waals surface area contributed by atoms with Crippen molar-refractivity contribution in [3.8, 4) is 0 Å². The zero-order valence-electron chi connectivity index (χ0n) is 6.55. The molecule has 1 unspecified atom stereocenters. The van der Waals surface area contributed by atoms with Crippen molar-refractivity contribution in [1.29, 1.82) is 0 Å². The van der Waals surface area contributed by atoms with Crippen LogP contribution in [0.5, 0.6) is 0 Å². The van der Waals surface area contributed by atoms with Gasteiger partial charge in [-0.3, -0.25) is 4.79 Å². The van der Waals surface area contributed by atoms with Crippen LogP contribution < -0.4 is 63.5 Å². The largest absolute Gasteiger partial charge is 1.00 e. The van der Waals surface area contributed by atoms with Gasteiger partial charge in [-0.25, -0.2) is 0 Å². The van der Waals surface area contributed by atoms with E-state index in [1.54, 1.807) is 0 Å². The van der Waals surface area contributed by atoms with Gasteiger partial charge in [0.05, 0.1) is 0 Å². The minimum Gasteiger partial charge on any atom is -1.00 e. The molecule has 1 saturated heterocycles. The van der Waals surface area contributed by atoms with Gasteiger partial charge in [0.1, 0.15) is 6.04 Å². The van der Waals surface area contributed by atoms with Crippen molar-refractivity contribution in [2.75, 3.05) is 6.54 Å². The van der Waals surface area contributed by atoms with Crippen molar-refractivity contribution >= 4 is 5.97 Å². The first kappa shape index (κ1) is 10.2. The Hall–Kier alpha value is 1.24. The first-order chi connectivity index (χ1) is 3.80. The molecule has 0 aromatic heterocycles. The third-order valence-corrected chi connectivity index (χ3v) is 1.36. The van der Waals surface area contributed by atoms with Gasteiger partial charge >= 0.3 is 64.2 Å². The average Bonchev–Trinajstić information content (AvgIpc) is 2.12. The normalized spacial score (nSPS) is 25.1. The van der Waals surface area contributed by atoms with E-state index in [1.807, 2.05) is 0 Å². The van der Waals surface area contributed by atoms with Gasteiger partial charge in [-0.05, 0) is 19.4 Å². The van der Waals surface area contributed by atoms with E-state index in [2.05, 4.69) is 5.32 Å². The van der Waals surface area contributed by atoms with E-state index in [0.29, 0.717) is 0 Å². The van der Waals surface area contributed by atoms with Crippen molar-refractivity contribution in [2.24, 2.45) is 0 Å². The van der Waals surface area contributed by atoms with Gasteiger partial charge in [-0.2, -0.15) is 0 Å². The molecule has 0 spiro atoms. The summed E-state index contributed by atoms with van der Waals surface area (Å²) in [4.78, 5) is 10.1. The predicted octanol–water partition coefficient (Wildman–Crippen LogP) is -3.06. The summed E-state index contributed by atoms with van der Waals surface area (Å²) in [5.41, 5.74) is 0. The summed E-state index contributed by atoms with van der Waals surface area (Å²) in [7, 11) is 0. The Balaban J connectivity index is 0. The summed E-state index contributed by atoms with van der Waals surface area (Å²) < 4.78 is 0. The van der Waals surface area contributed by atoms with E-state index in [1.165, 1.54) is 0 Å². The molecular weight excluding hydrogens is 192 g/mol. The number of carboxylic acid groups (broad SMARTS) is 1. The summed E-state index contributed by atoms with van der Waals surface area (Å²) in [5, 5.41) is 11.2. The number of rotatable bonds is 1. The Kier molecular flexibility index (Phi) is 5.64. The molecule has 2 N–H and O–H groups in total. The van der Waals surface area contributed by atoms with Crippen LogP contribution in [0.25, 0.3) is 0 Å². The molecule has 1 rings (SSSR count). The molecule has 0 aromatic rings. The molecule has 1 atom stereocenters. The molecule has 0 bridgehead atoms. The van der Waals surface area contributed by atoms with Gasteiger partial charge in [-0.1, -0.05) is 0 Å². The number of carbonyl (C=O) groups is 1. The standard InChI is InChI=1S/C5H9NO2.Rb.H/c7-5(8)4-2-1-3-6-4;;/h4,6H,1-3H2,(H,7,8);;/q;+1;-1. The fourth-order valence-electron chi connectivity index (χ4n) is 0.895. The molecule has 1 aliphatic heterocycles. The average molecular weight is 202 g/mol. The molecule has 0 amide bonds. The van der Waals surface area contributed by atoms with Gasteiger partial charge in [-0.15, -0.1) is 0 Å². The second-order valence-electron chi connectivity index (χ2n) is 1.99. The van der Waals surface area contributed by atoms with Gasteiger partial charge in [0, 0.05) is 0 Å². The summed E-state index contributed by atoms with van der Waals surface area (Å²) in [6.07, 6.45) is 1.78. The molecule has 0 saturated carbocycles. The van der Waals surface area contributed by atoms with Gasteiger partial charge in [0.2, 0.25) is 0 Å². The maximum atomic E-state index is 10.1. The van der Waals surface area contributed by atoms with Crippen LogP contribution in [0, 0.1) is 0 Å². The molecule has 0 radical (unpaired) electrons. The number of carboxylic acids is 1. The third kappa shape index (κ3) is 3.23. The Bertz CT molecular complexity index is 106. The van der Waals surface area contributed by atoms with Crippen LogP contribution >= 0.6 is 0 Å². The van der Waals surface area contributed by atoms with Crippen LogP contribution in [-0.2, 0) is 4.79 Å². The Morgan fingerprint density at radius 3 is 2.67 bits per heavy atom. The Morgan fingerprint density at radius 2 is 2.44 bits per heavy atom. The van der Waals surface area contributed by atoms with E-state index in [-0.39, 0.29) is 65.7 Å². The summed E-state index contributed by atoms with van der Waals surface area (Å²) in [5.74, 6) is -0.720. The van der Waals surface area contributed by atoms with E-state index in [4.69, 9.17) is 5.11 Å². The van der Waals surface area contributed by atoms with Crippen molar-refractivity contribution in [2.45, 2.75) is 18.9 Å². The predicted molar refractivity (Wildman–Crippen MR) is 29.8 cm³/mol. The third-order valence-electron chi connectivity index (χ3n) is 1.36. The van der Waals surface area contributed by atoms with Crippen molar-refractivity contribution in [3.05, 3.63) is 0 Å². The molecule has 0 aliphatic carbocycles. The SMILES string of the molecule is O=C(O)C1CCCN1.[H-].[Rb+].